The van der Waals surface area contributed by atoms with E-state index in [2.05, 4.69) is 15.0 Å². The smallest absolute Gasteiger partial charge is 0.150 e. The lowest BCUT2D eigenvalue weighted by Gasteiger charge is -2.02. The molecule has 0 aliphatic carbocycles. The van der Waals surface area contributed by atoms with Crippen molar-refractivity contribution in [3.8, 4) is 0 Å². The van der Waals surface area contributed by atoms with Gasteiger partial charge in [-0.25, -0.2) is 9.97 Å². The maximum atomic E-state index is 5.58. The van der Waals surface area contributed by atoms with Gasteiger partial charge in [-0.2, -0.15) is 0 Å². The first-order valence-corrected chi connectivity index (χ1v) is 4.52. The van der Waals surface area contributed by atoms with Crippen molar-refractivity contribution in [2.75, 3.05) is 11.5 Å². The van der Waals surface area contributed by atoms with E-state index in [0.717, 1.165) is 5.69 Å². The van der Waals surface area contributed by atoms with E-state index in [1.54, 1.807) is 6.20 Å². The molecule has 76 valence electrons. The summed E-state index contributed by atoms with van der Waals surface area (Å²) in [5.74, 6) is 0.941. The van der Waals surface area contributed by atoms with Gasteiger partial charge in [0.25, 0.3) is 0 Å². The quantitative estimate of drug-likeness (QED) is 0.743. The standard InChI is InChI=1S/C10H11N5/c11-8-6-14-9(15-10(8)12)5-7-3-1-2-4-13-7/h1-4,6H,5,11H2,(H2,12,14,15). The molecule has 15 heavy (non-hydrogen) atoms. The first-order chi connectivity index (χ1) is 7.25. The van der Waals surface area contributed by atoms with Crippen molar-refractivity contribution in [2.45, 2.75) is 6.42 Å². The van der Waals surface area contributed by atoms with Gasteiger partial charge >= 0.3 is 0 Å². The fourth-order valence-corrected chi connectivity index (χ4v) is 1.19. The number of anilines is 2. The Bertz CT molecular complexity index is 455. The molecule has 2 heterocycles. The van der Waals surface area contributed by atoms with Gasteiger partial charge in [0.05, 0.1) is 18.3 Å². The molecule has 0 aliphatic rings. The lowest BCUT2D eigenvalue weighted by molar-refractivity contribution is 0.942. The molecule has 5 nitrogen and oxygen atoms in total. The second-order valence-corrected chi connectivity index (χ2v) is 3.12. The number of nitrogens with two attached hydrogens (primary N) is 2. The van der Waals surface area contributed by atoms with Gasteiger partial charge in [-0.15, -0.1) is 0 Å². The van der Waals surface area contributed by atoms with Crippen LogP contribution in [0.5, 0.6) is 0 Å². The second-order valence-electron chi connectivity index (χ2n) is 3.12. The summed E-state index contributed by atoms with van der Waals surface area (Å²) in [6.45, 7) is 0. The van der Waals surface area contributed by atoms with E-state index in [1.807, 2.05) is 18.2 Å². The van der Waals surface area contributed by atoms with E-state index in [-0.39, 0.29) is 0 Å². The van der Waals surface area contributed by atoms with Crippen molar-refractivity contribution >= 4 is 11.5 Å². The van der Waals surface area contributed by atoms with Gasteiger partial charge in [-0.05, 0) is 12.1 Å². The molecular weight excluding hydrogens is 190 g/mol. The predicted molar refractivity (Wildman–Crippen MR) is 57.9 cm³/mol. The zero-order chi connectivity index (χ0) is 10.7. The van der Waals surface area contributed by atoms with Crippen LogP contribution in [0.4, 0.5) is 11.5 Å². The zero-order valence-electron chi connectivity index (χ0n) is 8.09. The van der Waals surface area contributed by atoms with E-state index >= 15 is 0 Å². The minimum absolute atomic E-state index is 0.316. The summed E-state index contributed by atoms with van der Waals surface area (Å²) in [6, 6.07) is 5.70. The third-order valence-electron chi connectivity index (χ3n) is 1.96. The number of pyridine rings is 1. The molecule has 0 saturated heterocycles. The van der Waals surface area contributed by atoms with E-state index in [9.17, 15) is 0 Å². The molecule has 0 fully saturated rings. The molecule has 2 rings (SSSR count). The Morgan fingerprint density at radius 2 is 2.00 bits per heavy atom. The van der Waals surface area contributed by atoms with Crippen molar-refractivity contribution in [3.63, 3.8) is 0 Å². The number of nitrogens with zero attached hydrogens (tertiary/aromatic N) is 3. The molecule has 0 atom stereocenters. The molecule has 0 aromatic carbocycles. The normalized spacial score (nSPS) is 10.1. The highest BCUT2D eigenvalue weighted by Gasteiger charge is 2.02. The topological polar surface area (TPSA) is 90.7 Å². The summed E-state index contributed by atoms with van der Waals surface area (Å²) < 4.78 is 0. The SMILES string of the molecule is Nc1cnc(Cc2ccccn2)nc1N. The van der Waals surface area contributed by atoms with Crippen LogP contribution in [0.25, 0.3) is 0 Å². The number of aromatic nitrogens is 3. The summed E-state index contributed by atoms with van der Waals surface area (Å²) in [7, 11) is 0. The molecule has 0 radical (unpaired) electrons. The predicted octanol–water partition coefficient (Wildman–Crippen LogP) is 0.627. The Morgan fingerprint density at radius 1 is 1.13 bits per heavy atom. The van der Waals surface area contributed by atoms with Gasteiger partial charge in [0, 0.05) is 11.9 Å². The monoisotopic (exact) mass is 201 g/mol. The van der Waals surface area contributed by atoms with Crippen molar-refractivity contribution < 1.29 is 0 Å². The lowest BCUT2D eigenvalue weighted by Crippen LogP contribution is -2.04. The van der Waals surface area contributed by atoms with Gasteiger partial charge in [0.15, 0.2) is 0 Å². The summed E-state index contributed by atoms with van der Waals surface area (Å²) in [6.07, 6.45) is 3.81. The lowest BCUT2D eigenvalue weighted by atomic mass is 10.2. The molecule has 4 N–H and O–H groups in total. The molecule has 0 bridgehead atoms. The van der Waals surface area contributed by atoms with Crippen molar-refractivity contribution in [1.82, 2.24) is 15.0 Å². The van der Waals surface area contributed by atoms with Gasteiger partial charge in [-0.3, -0.25) is 4.98 Å². The van der Waals surface area contributed by atoms with Crippen LogP contribution in [-0.2, 0) is 6.42 Å². The Kier molecular flexibility index (Phi) is 2.45. The van der Waals surface area contributed by atoms with Gasteiger partial charge in [-0.1, -0.05) is 6.07 Å². The Hall–Kier alpha value is -2.17. The summed E-state index contributed by atoms with van der Waals surface area (Å²) >= 11 is 0. The fourth-order valence-electron chi connectivity index (χ4n) is 1.19. The Labute approximate surface area is 87.2 Å². The summed E-state index contributed by atoms with van der Waals surface area (Å²) in [5, 5.41) is 0. The van der Waals surface area contributed by atoms with Crippen LogP contribution in [0.3, 0.4) is 0 Å². The fraction of sp³-hybridized carbons (Fsp3) is 0.100. The number of rotatable bonds is 2. The number of hydrogen-bond donors (Lipinski definition) is 2. The molecule has 0 unspecified atom stereocenters. The molecule has 2 aromatic heterocycles. The number of hydrogen-bond acceptors (Lipinski definition) is 5. The maximum absolute atomic E-state index is 5.58. The van der Waals surface area contributed by atoms with Gasteiger partial charge < -0.3 is 11.5 Å². The molecule has 2 aromatic rings. The first-order valence-electron chi connectivity index (χ1n) is 4.52. The molecule has 0 amide bonds. The minimum Gasteiger partial charge on any atom is -0.394 e. The van der Waals surface area contributed by atoms with Crippen LogP contribution in [0.15, 0.2) is 30.6 Å². The van der Waals surface area contributed by atoms with Crippen molar-refractivity contribution in [2.24, 2.45) is 0 Å². The van der Waals surface area contributed by atoms with Gasteiger partial charge in [0.2, 0.25) is 0 Å². The maximum Gasteiger partial charge on any atom is 0.150 e. The molecule has 0 saturated carbocycles. The van der Waals surface area contributed by atoms with Crippen molar-refractivity contribution in [3.05, 3.63) is 42.1 Å². The average molecular weight is 201 g/mol. The Balaban J connectivity index is 2.22. The highest BCUT2D eigenvalue weighted by Crippen LogP contribution is 2.10. The van der Waals surface area contributed by atoms with E-state index < -0.39 is 0 Å². The van der Waals surface area contributed by atoms with Crippen LogP contribution < -0.4 is 11.5 Å². The highest BCUT2D eigenvalue weighted by molar-refractivity contribution is 5.55. The van der Waals surface area contributed by atoms with E-state index in [0.29, 0.717) is 23.8 Å². The van der Waals surface area contributed by atoms with E-state index in [4.69, 9.17) is 11.5 Å². The molecule has 0 aliphatic heterocycles. The average Bonchev–Trinajstić information content (AvgIpc) is 2.25. The minimum atomic E-state index is 0.316. The zero-order valence-corrected chi connectivity index (χ0v) is 8.09. The summed E-state index contributed by atoms with van der Waals surface area (Å²) in [4.78, 5) is 12.3. The van der Waals surface area contributed by atoms with Crippen LogP contribution in [0.2, 0.25) is 0 Å². The van der Waals surface area contributed by atoms with E-state index in [1.165, 1.54) is 6.20 Å². The Morgan fingerprint density at radius 3 is 2.67 bits per heavy atom. The third-order valence-corrected chi connectivity index (χ3v) is 1.96. The van der Waals surface area contributed by atoms with Crippen LogP contribution in [0, 0.1) is 0 Å². The summed E-state index contributed by atoms with van der Waals surface area (Å²) in [5.41, 5.74) is 12.4. The third kappa shape index (κ3) is 2.19. The van der Waals surface area contributed by atoms with Crippen LogP contribution in [-0.4, -0.2) is 15.0 Å². The second kappa shape index (κ2) is 3.91. The van der Waals surface area contributed by atoms with Gasteiger partial charge in [0.1, 0.15) is 11.6 Å². The van der Waals surface area contributed by atoms with Crippen LogP contribution in [0.1, 0.15) is 11.5 Å². The van der Waals surface area contributed by atoms with Crippen molar-refractivity contribution in [1.29, 1.82) is 0 Å². The number of nitrogen functional groups attached to an aromatic ring is 2. The largest absolute Gasteiger partial charge is 0.394 e. The highest BCUT2D eigenvalue weighted by atomic mass is 15.0. The molecule has 5 heteroatoms. The van der Waals surface area contributed by atoms with Crippen LogP contribution >= 0.6 is 0 Å². The first kappa shape index (κ1) is 9.39. The molecule has 0 spiro atoms. The molecular formula is C10H11N5.